The largest absolute Gasteiger partial charge is 0.355 e. The van der Waals surface area contributed by atoms with E-state index in [9.17, 15) is 4.79 Å². The number of amides is 1. The van der Waals surface area contributed by atoms with Crippen LogP contribution < -0.4 is 10.6 Å². The topological polar surface area (TPSA) is 44.4 Å². The molecule has 4 nitrogen and oxygen atoms in total. The number of hydrogen-bond acceptors (Lipinski definition) is 3. The molecule has 5 heteroatoms. The number of carbonyl (C=O) groups is 1. The van der Waals surface area contributed by atoms with E-state index in [0.29, 0.717) is 12.5 Å². The van der Waals surface area contributed by atoms with Gasteiger partial charge in [-0.25, -0.2) is 0 Å². The Morgan fingerprint density at radius 1 is 1.33 bits per heavy atom. The average Bonchev–Trinajstić information content (AvgIpc) is 2.92. The van der Waals surface area contributed by atoms with Gasteiger partial charge in [0.2, 0.25) is 5.91 Å². The molecule has 1 atom stereocenters. The molecule has 1 aromatic carbocycles. The third-order valence-electron chi connectivity index (χ3n) is 3.85. The number of nitrogens with one attached hydrogen (secondary N) is 2. The zero-order valence-corrected chi connectivity index (χ0v) is 13.5. The lowest BCUT2D eigenvalue weighted by atomic mass is 10.1. The standard InChI is InChI=1S/C16H25N3O.ClH/c1-17-12-16(20)18-11-15-8-10-19(13-15)9-7-14-5-3-2-4-6-14;/h2-6,15,17H,7-13H2,1H3,(H,18,20);1H. The monoisotopic (exact) mass is 311 g/mol. The molecule has 1 heterocycles. The fraction of sp³-hybridized carbons (Fsp3) is 0.562. The number of carbonyl (C=O) groups excluding carboxylic acids is 1. The third kappa shape index (κ3) is 6.46. The van der Waals surface area contributed by atoms with Gasteiger partial charge in [0.25, 0.3) is 0 Å². The number of hydrogen-bond donors (Lipinski definition) is 2. The Balaban J connectivity index is 0.00000220. The van der Waals surface area contributed by atoms with Crippen LogP contribution in [-0.4, -0.2) is 50.6 Å². The molecule has 1 fully saturated rings. The first-order chi connectivity index (χ1) is 9.78. The van der Waals surface area contributed by atoms with Gasteiger partial charge < -0.3 is 15.5 Å². The van der Waals surface area contributed by atoms with Gasteiger partial charge in [-0.15, -0.1) is 12.4 Å². The Morgan fingerprint density at radius 2 is 2.10 bits per heavy atom. The van der Waals surface area contributed by atoms with Crippen LogP contribution in [0.2, 0.25) is 0 Å². The maximum Gasteiger partial charge on any atom is 0.233 e. The van der Waals surface area contributed by atoms with Gasteiger partial charge in [-0.2, -0.15) is 0 Å². The molecule has 1 aromatic rings. The minimum Gasteiger partial charge on any atom is -0.355 e. The summed E-state index contributed by atoms with van der Waals surface area (Å²) in [5.41, 5.74) is 1.40. The third-order valence-corrected chi connectivity index (χ3v) is 3.85. The maximum atomic E-state index is 11.4. The predicted octanol–water partition coefficient (Wildman–Crippen LogP) is 1.31. The van der Waals surface area contributed by atoms with E-state index in [0.717, 1.165) is 32.6 Å². The molecule has 0 aromatic heterocycles. The van der Waals surface area contributed by atoms with E-state index >= 15 is 0 Å². The Hall–Kier alpha value is -1.10. The average molecular weight is 312 g/mol. The number of halogens is 1. The van der Waals surface area contributed by atoms with E-state index in [1.807, 2.05) is 0 Å². The Morgan fingerprint density at radius 3 is 2.81 bits per heavy atom. The van der Waals surface area contributed by atoms with Crippen molar-refractivity contribution in [1.29, 1.82) is 0 Å². The summed E-state index contributed by atoms with van der Waals surface area (Å²) in [7, 11) is 1.79. The number of nitrogens with zero attached hydrogens (tertiary/aromatic N) is 1. The lowest BCUT2D eigenvalue weighted by molar-refractivity contribution is -0.120. The van der Waals surface area contributed by atoms with Crippen molar-refractivity contribution in [3.8, 4) is 0 Å². The van der Waals surface area contributed by atoms with Crippen LogP contribution in [0, 0.1) is 5.92 Å². The molecule has 2 N–H and O–H groups in total. The molecule has 0 bridgehead atoms. The highest BCUT2D eigenvalue weighted by Crippen LogP contribution is 2.15. The zero-order chi connectivity index (χ0) is 14.2. The van der Waals surface area contributed by atoms with Gasteiger partial charge in [0.05, 0.1) is 6.54 Å². The molecule has 0 spiro atoms. The highest BCUT2D eigenvalue weighted by Gasteiger charge is 2.22. The first-order valence-electron chi connectivity index (χ1n) is 7.45. The van der Waals surface area contributed by atoms with E-state index in [1.54, 1.807) is 7.05 Å². The minimum absolute atomic E-state index is 0. The molecule has 1 saturated heterocycles. The predicted molar refractivity (Wildman–Crippen MR) is 88.9 cm³/mol. The van der Waals surface area contributed by atoms with Crippen LogP contribution in [0.1, 0.15) is 12.0 Å². The molecule has 118 valence electrons. The number of likely N-dealkylation sites (N-methyl/N-ethyl adjacent to an activating group) is 1. The number of rotatable bonds is 7. The van der Waals surface area contributed by atoms with E-state index in [1.165, 1.54) is 12.0 Å². The smallest absolute Gasteiger partial charge is 0.233 e. The summed E-state index contributed by atoms with van der Waals surface area (Å²) in [6, 6.07) is 10.6. The van der Waals surface area contributed by atoms with Crippen LogP contribution in [0.3, 0.4) is 0 Å². The van der Waals surface area contributed by atoms with Crippen LogP contribution in [0.5, 0.6) is 0 Å². The molecule has 1 aliphatic heterocycles. The molecule has 0 aliphatic carbocycles. The number of benzene rings is 1. The molecule has 21 heavy (non-hydrogen) atoms. The second kappa shape index (κ2) is 9.77. The molecule has 0 radical (unpaired) electrons. The van der Waals surface area contributed by atoms with Crippen molar-refractivity contribution in [3.05, 3.63) is 35.9 Å². The van der Waals surface area contributed by atoms with Crippen molar-refractivity contribution < 1.29 is 4.79 Å². The van der Waals surface area contributed by atoms with Crippen molar-refractivity contribution in [2.75, 3.05) is 39.8 Å². The van der Waals surface area contributed by atoms with E-state index < -0.39 is 0 Å². The van der Waals surface area contributed by atoms with Gasteiger partial charge in [-0.3, -0.25) is 4.79 Å². The number of likely N-dealkylation sites (tertiary alicyclic amines) is 1. The highest BCUT2D eigenvalue weighted by atomic mass is 35.5. The minimum atomic E-state index is 0. The van der Waals surface area contributed by atoms with Crippen molar-refractivity contribution in [3.63, 3.8) is 0 Å². The van der Waals surface area contributed by atoms with Crippen LogP contribution >= 0.6 is 12.4 Å². The van der Waals surface area contributed by atoms with Gasteiger partial charge in [0, 0.05) is 19.6 Å². The first-order valence-corrected chi connectivity index (χ1v) is 7.45. The van der Waals surface area contributed by atoms with Gasteiger partial charge >= 0.3 is 0 Å². The van der Waals surface area contributed by atoms with Crippen molar-refractivity contribution >= 4 is 18.3 Å². The van der Waals surface area contributed by atoms with Gasteiger partial charge in [0.15, 0.2) is 0 Å². The normalized spacial score (nSPS) is 18.2. The molecule has 2 rings (SSSR count). The van der Waals surface area contributed by atoms with E-state index in [2.05, 4.69) is 45.9 Å². The van der Waals surface area contributed by atoms with E-state index in [4.69, 9.17) is 0 Å². The van der Waals surface area contributed by atoms with Gasteiger partial charge in [-0.05, 0) is 37.9 Å². The Labute approximate surface area is 133 Å². The van der Waals surface area contributed by atoms with Crippen molar-refractivity contribution in [2.24, 2.45) is 5.92 Å². The Bertz CT molecular complexity index is 413. The summed E-state index contributed by atoms with van der Waals surface area (Å²) >= 11 is 0. The van der Waals surface area contributed by atoms with Crippen molar-refractivity contribution in [2.45, 2.75) is 12.8 Å². The fourth-order valence-electron chi connectivity index (χ4n) is 2.70. The fourth-order valence-corrected chi connectivity index (χ4v) is 2.70. The van der Waals surface area contributed by atoms with Crippen LogP contribution in [0.25, 0.3) is 0 Å². The van der Waals surface area contributed by atoms with Crippen LogP contribution in [0.15, 0.2) is 30.3 Å². The lowest BCUT2D eigenvalue weighted by Crippen LogP contribution is -2.36. The van der Waals surface area contributed by atoms with Gasteiger partial charge in [-0.1, -0.05) is 30.3 Å². The summed E-state index contributed by atoms with van der Waals surface area (Å²) < 4.78 is 0. The Kier molecular flexibility index (Phi) is 8.35. The molecule has 1 aliphatic rings. The van der Waals surface area contributed by atoms with E-state index in [-0.39, 0.29) is 18.3 Å². The molecular formula is C16H26ClN3O. The summed E-state index contributed by atoms with van der Waals surface area (Å²) in [4.78, 5) is 13.9. The SMILES string of the molecule is CNCC(=O)NCC1CCN(CCc2ccccc2)C1.Cl. The summed E-state index contributed by atoms with van der Waals surface area (Å²) in [5.74, 6) is 0.696. The van der Waals surface area contributed by atoms with Crippen LogP contribution in [-0.2, 0) is 11.2 Å². The zero-order valence-electron chi connectivity index (χ0n) is 12.7. The quantitative estimate of drug-likeness (QED) is 0.798. The van der Waals surface area contributed by atoms with Gasteiger partial charge in [0.1, 0.15) is 0 Å². The second-order valence-corrected chi connectivity index (χ2v) is 5.53. The van der Waals surface area contributed by atoms with Crippen LogP contribution in [0.4, 0.5) is 0 Å². The highest BCUT2D eigenvalue weighted by molar-refractivity contribution is 5.85. The summed E-state index contributed by atoms with van der Waals surface area (Å²) in [6.45, 7) is 4.59. The lowest BCUT2D eigenvalue weighted by Gasteiger charge is -2.16. The molecule has 1 amide bonds. The van der Waals surface area contributed by atoms with Crippen molar-refractivity contribution in [1.82, 2.24) is 15.5 Å². The molecule has 1 unspecified atom stereocenters. The summed E-state index contributed by atoms with van der Waals surface area (Å²) in [5, 5.41) is 5.86. The molecule has 0 saturated carbocycles. The maximum absolute atomic E-state index is 11.4. The first kappa shape index (κ1) is 18.0. The second-order valence-electron chi connectivity index (χ2n) is 5.53. The summed E-state index contributed by atoms with van der Waals surface area (Å²) in [6.07, 6.45) is 2.30. The molecular weight excluding hydrogens is 286 g/mol.